The maximum Gasteiger partial charge on any atom is 0.355 e. The third-order valence-corrected chi connectivity index (χ3v) is 3.30. The second kappa shape index (κ2) is 7.19. The van der Waals surface area contributed by atoms with Gasteiger partial charge in [0.1, 0.15) is 12.4 Å². The monoisotopic (exact) mass is 327 g/mol. The van der Waals surface area contributed by atoms with Crippen molar-refractivity contribution in [1.82, 2.24) is 0 Å². The number of benzene rings is 1. The largest absolute Gasteiger partial charge is 0.466 e. The van der Waals surface area contributed by atoms with Crippen LogP contribution in [-0.2, 0) is 23.8 Å². The molecule has 0 bridgehead atoms. The van der Waals surface area contributed by atoms with Crippen LogP contribution in [0.25, 0.3) is 0 Å². The number of hydrogen-bond acceptors (Lipinski definition) is 6. The second-order valence-corrected chi connectivity index (χ2v) is 4.58. The number of hydrogen-bond donors (Lipinski definition) is 0. The van der Waals surface area contributed by atoms with Gasteiger partial charge in [-0.05, 0) is 6.07 Å². The van der Waals surface area contributed by atoms with Gasteiger partial charge in [-0.3, -0.25) is 0 Å². The minimum absolute atomic E-state index is 0.0593. The van der Waals surface area contributed by atoms with Gasteiger partial charge in [0.05, 0.1) is 32.1 Å². The van der Waals surface area contributed by atoms with Crippen LogP contribution in [0, 0.1) is 0 Å². The average molecular weight is 327 g/mol. The smallest absolute Gasteiger partial charge is 0.355 e. The summed E-state index contributed by atoms with van der Waals surface area (Å²) in [5.74, 6) is -1.62. The lowest BCUT2D eigenvalue weighted by atomic mass is 10.1. The highest BCUT2D eigenvalue weighted by atomic mass is 19.3. The van der Waals surface area contributed by atoms with E-state index in [-0.39, 0.29) is 35.9 Å². The Morgan fingerprint density at radius 1 is 1.17 bits per heavy atom. The molecule has 0 atom stereocenters. The van der Waals surface area contributed by atoms with Crippen LogP contribution >= 0.6 is 0 Å². The Morgan fingerprint density at radius 3 is 2.43 bits per heavy atom. The molecule has 0 saturated carbocycles. The quantitative estimate of drug-likeness (QED) is 0.788. The number of carbonyl (C=O) groups is 2. The van der Waals surface area contributed by atoms with E-state index >= 15 is 0 Å². The van der Waals surface area contributed by atoms with Crippen molar-refractivity contribution in [3.8, 4) is 0 Å². The fourth-order valence-corrected chi connectivity index (χ4v) is 2.25. The van der Waals surface area contributed by atoms with E-state index in [0.29, 0.717) is 0 Å². The predicted molar refractivity (Wildman–Crippen MR) is 75.8 cm³/mol. The highest BCUT2D eigenvalue weighted by molar-refractivity contribution is 6.03. The molecule has 6 nitrogen and oxygen atoms in total. The molecule has 0 amide bonds. The van der Waals surface area contributed by atoms with Gasteiger partial charge in [0.15, 0.2) is 0 Å². The fourth-order valence-electron chi connectivity index (χ4n) is 2.25. The van der Waals surface area contributed by atoms with Crippen molar-refractivity contribution in [1.29, 1.82) is 0 Å². The Morgan fingerprint density at radius 2 is 1.83 bits per heavy atom. The van der Waals surface area contributed by atoms with Crippen LogP contribution in [0.5, 0.6) is 0 Å². The summed E-state index contributed by atoms with van der Waals surface area (Å²) in [6.45, 7) is -0.348. The molecular formula is C15H15F2NO5. The molecule has 23 heavy (non-hydrogen) atoms. The summed E-state index contributed by atoms with van der Waals surface area (Å²) in [6, 6.07) is 5.65. The number of esters is 2. The summed E-state index contributed by atoms with van der Waals surface area (Å²) in [6.07, 6.45) is -2.76. The van der Waals surface area contributed by atoms with E-state index in [1.165, 1.54) is 23.1 Å². The highest BCUT2D eigenvalue weighted by Gasteiger charge is 2.34. The van der Waals surface area contributed by atoms with Crippen LogP contribution in [0.15, 0.2) is 35.5 Å². The van der Waals surface area contributed by atoms with Crippen molar-refractivity contribution in [3.05, 3.63) is 41.1 Å². The number of alkyl halides is 2. The maximum atomic E-state index is 13.2. The van der Waals surface area contributed by atoms with Gasteiger partial charge in [0, 0.05) is 5.56 Å². The molecule has 0 unspecified atom stereocenters. The minimum atomic E-state index is -2.76. The zero-order chi connectivity index (χ0) is 17.0. The third-order valence-electron chi connectivity index (χ3n) is 3.30. The molecule has 2 rings (SSSR count). The summed E-state index contributed by atoms with van der Waals surface area (Å²) in [4.78, 5) is 25.1. The number of carbonyl (C=O) groups excluding carboxylic acids is 2. The maximum absolute atomic E-state index is 13.2. The van der Waals surface area contributed by atoms with Crippen molar-refractivity contribution in [2.45, 2.75) is 6.43 Å². The van der Waals surface area contributed by atoms with E-state index in [1.807, 2.05) is 0 Å². The molecule has 0 aromatic heterocycles. The van der Waals surface area contributed by atoms with Gasteiger partial charge >= 0.3 is 11.9 Å². The standard InChI is InChI=1S/C15H15F2NO5/c1-21-14(19)10-7-23-8-18(12(10)15(20)22-2)11-6-4-3-5-9(11)13(16)17/h3-6,13H,7-8H2,1-2H3. The van der Waals surface area contributed by atoms with Gasteiger partial charge in [-0.15, -0.1) is 0 Å². The number of halogens is 2. The molecule has 0 radical (unpaired) electrons. The van der Waals surface area contributed by atoms with E-state index in [2.05, 4.69) is 9.47 Å². The molecule has 1 aromatic rings. The van der Waals surface area contributed by atoms with E-state index in [0.717, 1.165) is 14.2 Å². The second-order valence-electron chi connectivity index (χ2n) is 4.58. The van der Waals surface area contributed by atoms with Crippen LogP contribution in [-0.4, -0.2) is 39.5 Å². The predicted octanol–water partition coefficient (Wildman–Crippen LogP) is 2.02. The van der Waals surface area contributed by atoms with Crippen molar-refractivity contribution in [2.75, 3.05) is 32.5 Å². The van der Waals surface area contributed by atoms with Crippen LogP contribution in [0.2, 0.25) is 0 Å². The number of anilines is 1. The normalized spacial score (nSPS) is 14.9. The van der Waals surface area contributed by atoms with Crippen molar-refractivity contribution in [3.63, 3.8) is 0 Å². The fraction of sp³-hybridized carbons (Fsp3) is 0.333. The van der Waals surface area contributed by atoms with Crippen LogP contribution in [0.1, 0.15) is 12.0 Å². The van der Waals surface area contributed by atoms with E-state index in [9.17, 15) is 18.4 Å². The molecule has 0 spiro atoms. The van der Waals surface area contributed by atoms with E-state index < -0.39 is 18.4 Å². The lowest BCUT2D eigenvalue weighted by Gasteiger charge is -2.32. The molecule has 0 N–H and O–H groups in total. The zero-order valence-corrected chi connectivity index (χ0v) is 12.5. The third kappa shape index (κ3) is 3.31. The van der Waals surface area contributed by atoms with Gasteiger partial charge in [-0.25, -0.2) is 18.4 Å². The van der Waals surface area contributed by atoms with Gasteiger partial charge in [0.2, 0.25) is 0 Å². The SMILES string of the molecule is COC(=O)C1=C(C(=O)OC)N(c2ccccc2C(F)F)COC1. The molecule has 0 aliphatic carbocycles. The molecular weight excluding hydrogens is 312 g/mol. The summed E-state index contributed by atoms with van der Waals surface area (Å²) in [7, 11) is 2.28. The number of methoxy groups -OCH3 is 2. The Balaban J connectivity index is 2.60. The molecule has 0 saturated heterocycles. The van der Waals surface area contributed by atoms with Gasteiger partial charge in [-0.1, -0.05) is 18.2 Å². The number of rotatable bonds is 4. The highest BCUT2D eigenvalue weighted by Crippen LogP contribution is 2.34. The van der Waals surface area contributed by atoms with Crippen LogP contribution < -0.4 is 4.90 Å². The van der Waals surface area contributed by atoms with E-state index in [1.54, 1.807) is 6.07 Å². The molecule has 1 heterocycles. The van der Waals surface area contributed by atoms with E-state index in [4.69, 9.17) is 4.74 Å². The Bertz CT molecular complexity index is 645. The summed E-state index contributed by atoms with van der Waals surface area (Å²) >= 11 is 0. The Hall–Kier alpha value is -2.48. The lowest BCUT2D eigenvalue weighted by molar-refractivity contribution is -0.140. The average Bonchev–Trinajstić information content (AvgIpc) is 2.59. The van der Waals surface area contributed by atoms with Crippen LogP contribution in [0.4, 0.5) is 14.5 Å². The first kappa shape index (κ1) is 16.9. The van der Waals surface area contributed by atoms with Gasteiger partial charge in [0.25, 0.3) is 6.43 Å². The number of ether oxygens (including phenoxy) is 3. The first-order valence-corrected chi connectivity index (χ1v) is 6.63. The topological polar surface area (TPSA) is 65.1 Å². The molecule has 0 fully saturated rings. The molecule has 8 heteroatoms. The molecule has 1 aromatic carbocycles. The minimum Gasteiger partial charge on any atom is -0.466 e. The Kier molecular flexibility index (Phi) is 5.28. The molecule has 1 aliphatic rings. The number of nitrogens with zero attached hydrogens (tertiary/aromatic N) is 1. The van der Waals surface area contributed by atoms with Crippen molar-refractivity contribution >= 4 is 17.6 Å². The van der Waals surface area contributed by atoms with Crippen molar-refractivity contribution in [2.24, 2.45) is 0 Å². The van der Waals surface area contributed by atoms with Gasteiger partial charge < -0.3 is 19.1 Å². The Labute approximate surface area is 131 Å². The first-order valence-electron chi connectivity index (χ1n) is 6.63. The van der Waals surface area contributed by atoms with Crippen LogP contribution in [0.3, 0.4) is 0 Å². The van der Waals surface area contributed by atoms with Crippen molar-refractivity contribution < 1.29 is 32.6 Å². The summed E-state index contributed by atoms with van der Waals surface area (Å²) < 4.78 is 41.0. The summed E-state index contributed by atoms with van der Waals surface area (Å²) in [5, 5.41) is 0. The number of para-hydroxylation sites is 1. The van der Waals surface area contributed by atoms with Gasteiger partial charge in [-0.2, -0.15) is 0 Å². The first-order chi connectivity index (χ1) is 11.0. The summed E-state index contributed by atoms with van der Waals surface area (Å²) in [5.41, 5.74) is -0.485. The molecule has 124 valence electrons. The lowest BCUT2D eigenvalue weighted by Crippen LogP contribution is -2.39. The zero-order valence-electron chi connectivity index (χ0n) is 12.5. The molecule has 1 aliphatic heterocycles.